The molecule has 1 N–H and O–H groups in total. The fraction of sp³-hybridized carbons (Fsp3) is 0.250. The number of hydrogen-bond acceptors (Lipinski definition) is 5. The smallest absolute Gasteiger partial charge is 0.373 e. The standard InChI is InChI=1S/C12H12BrNO3S/c1-16-12(15)11-3-2-9(17-11)5-14-6-10-4-8(13)7-18-10/h2-4,7,14H,5-6H2,1H3. The van der Waals surface area contributed by atoms with Crippen LogP contribution in [0.5, 0.6) is 0 Å². The van der Waals surface area contributed by atoms with E-state index >= 15 is 0 Å². The van der Waals surface area contributed by atoms with E-state index in [1.165, 1.54) is 12.0 Å². The van der Waals surface area contributed by atoms with Crippen molar-refractivity contribution >= 4 is 33.2 Å². The highest BCUT2D eigenvalue weighted by Gasteiger charge is 2.10. The van der Waals surface area contributed by atoms with E-state index in [2.05, 4.69) is 32.0 Å². The maximum atomic E-state index is 11.2. The normalized spacial score (nSPS) is 10.6. The number of halogens is 1. The number of thiophene rings is 1. The van der Waals surface area contributed by atoms with Crippen molar-refractivity contribution in [1.29, 1.82) is 0 Å². The lowest BCUT2D eigenvalue weighted by molar-refractivity contribution is 0.0563. The largest absolute Gasteiger partial charge is 0.463 e. The Kier molecular flexibility index (Phi) is 4.57. The van der Waals surface area contributed by atoms with Gasteiger partial charge in [-0.2, -0.15) is 0 Å². The number of esters is 1. The van der Waals surface area contributed by atoms with E-state index < -0.39 is 5.97 Å². The van der Waals surface area contributed by atoms with Crippen molar-refractivity contribution in [3.05, 3.63) is 44.4 Å². The molecule has 0 atom stereocenters. The first-order valence-corrected chi connectivity index (χ1v) is 6.97. The van der Waals surface area contributed by atoms with Crippen LogP contribution < -0.4 is 5.32 Å². The van der Waals surface area contributed by atoms with Crippen molar-refractivity contribution in [2.24, 2.45) is 0 Å². The average molecular weight is 330 g/mol. The minimum atomic E-state index is -0.455. The van der Waals surface area contributed by atoms with Crippen LogP contribution in [0.3, 0.4) is 0 Å². The molecule has 0 unspecified atom stereocenters. The van der Waals surface area contributed by atoms with Crippen molar-refractivity contribution in [3.63, 3.8) is 0 Å². The SMILES string of the molecule is COC(=O)c1ccc(CNCc2cc(Br)cs2)o1. The summed E-state index contributed by atoms with van der Waals surface area (Å²) in [6.07, 6.45) is 0. The highest BCUT2D eigenvalue weighted by Crippen LogP contribution is 2.19. The minimum Gasteiger partial charge on any atom is -0.463 e. The van der Waals surface area contributed by atoms with E-state index in [0.717, 1.165) is 11.0 Å². The molecule has 0 fully saturated rings. The summed E-state index contributed by atoms with van der Waals surface area (Å²) in [5.41, 5.74) is 0. The summed E-state index contributed by atoms with van der Waals surface area (Å²) >= 11 is 5.09. The van der Waals surface area contributed by atoms with E-state index in [4.69, 9.17) is 4.42 Å². The first-order valence-electron chi connectivity index (χ1n) is 5.29. The predicted molar refractivity (Wildman–Crippen MR) is 72.6 cm³/mol. The molecule has 96 valence electrons. The lowest BCUT2D eigenvalue weighted by Gasteiger charge is -2.00. The Morgan fingerprint density at radius 1 is 1.50 bits per heavy atom. The van der Waals surface area contributed by atoms with Gasteiger partial charge in [-0.15, -0.1) is 11.3 Å². The lowest BCUT2D eigenvalue weighted by Crippen LogP contribution is -2.11. The Hall–Kier alpha value is -1.11. The third-order valence-corrected chi connectivity index (χ3v) is 3.97. The van der Waals surface area contributed by atoms with Crippen molar-refractivity contribution in [2.45, 2.75) is 13.1 Å². The van der Waals surface area contributed by atoms with E-state index in [0.29, 0.717) is 12.3 Å². The summed E-state index contributed by atoms with van der Waals surface area (Å²) in [6.45, 7) is 1.34. The number of carbonyl (C=O) groups excluding carboxylic acids is 1. The van der Waals surface area contributed by atoms with Gasteiger partial charge in [0.05, 0.1) is 13.7 Å². The number of rotatable bonds is 5. The third-order valence-electron chi connectivity index (χ3n) is 2.27. The second kappa shape index (κ2) is 6.17. The van der Waals surface area contributed by atoms with Gasteiger partial charge < -0.3 is 14.5 Å². The molecule has 6 heteroatoms. The van der Waals surface area contributed by atoms with Gasteiger partial charge in [-0.1, -0.05) is 0 Å². The molecule has 4 nitrogen and oxygen atoms in total. The molecule has 2 aromatic rings. The summed E-state index contributed by atoms with van der Waals surface area (Å²) in [5, 5.41) is 5.29. The van der Waals surface area contributed by atoms with Gasteiger partial charge in [0, 0.05) is 21.3 Å². The van der Waals surface area contributed by atoms with E-state index in [1.54, 1.807) is 23.5 Å². The summed E-state index contributed by atoms with van der Waals surface area (Å²) < 4.78 is 11.0. The monoisotopic (exact) mass is 329 g/mol. The molecule has 0 aromatic carbocycles. The van der Waals surface area contributed by atoms with Gasteiger partial charge >= 0.3 is 5.97 Å². The number of carbonyl (C=O) groups is 1. The third kappa shape index (κ3) is 3.44. The van der Waals surface area contributed by atoms with Crippen molar-refractivity contribution in [1.82, 2.24) is 5.32 Å². The fourth-order valence-corrected chi connectivity index (χ4v) is 2.86. The van der Waals surface area contributed by atoms with Crippen LogP contribution in [0.4, 0.5) is 0 Å². The van der Waals surface area contributed by atoms with Crippen LogP contribution in [0.15, 0.2) is 32.5 Å². The van der Waals surface area contributed by atoms with Gasteiger partial charge in [-0.25, -0.2) is 4.79 Å². The number of nitrogens with one attached hydrogen (secondary N) is 1. The molecule has 0 aliphatic carbocycles. The van der Waals surface area contributed by atoms with Crippen molar-refractivity contribution < 1.29 is 13.9 Å². The van der Waals surface area contributed by atoms with Crippen LogP contribution in [0.2, 0.25) is 0 Å². The summed E-state index contributed by atoms with van der Waals surface area (Å²) in [7, 11) is 1.33. The second-order valence-corrected chi connectivity index (χ2v) is 5.50. The molecule has 0 saturated carbocycles. The highest BCUT2D eigenvalue weighted by molar-refractivity contribution is 9.10. The van der Waals surface area contributed by atoms with E-state index in [-0.39, 0.29) is 5.76 Å². The Morgan fingerprint density at radius 2 is 2.33 bits per heavy atom. The van der Waals surface area contributed by atoms with E-state index in [9.17, 15) is 4.79 Å². The van der Waals surface area contributed by atoms with Crippen LogP contribution in [0.1, 0.15) is 21.2 Å². The van der Waals surface area contributed by atoms with Gasteiger partial charge in [-0.3, -0.25) is 0 Å². The zero-order valence-corrected chi connectivity index (χ0v) is 12.1. The number of furan rings is 1. The number of ether oxygens (including phenoxy) is 1. The average Bonchev–Trinajstić information content (AvgIpc) is 2.98. The number of hydrogen-bond donors (Lipinski definition) is 1. The zero-order chi connectivity index (χ0) is 13.0. The highest BCUT2D eigenvalue weighted by atomic mass is 79.9. The zero-order valence-electron chi connectivity index (χ0n) is 9.73. The summed E-state index contributed by atoms with van der Waals surface area (Å²) in [4.78, 5) is 12.4. The van der Waals surface area contributed by atoms with Crippen LogP contribution >= 0.6 is 27.3 Å². The van der Waals surface area contributed by atoms with Gasteiger partial charge in [-0.05, 0) is 34.1 Å². The molecule has 2 rings (SSSR count). The van der Waals surface area contributed by atoms with Gasteiger partial charge in [0.2, 0.25) is 5.76 Å². The molecule has 0 aliphatic heterocycles. The maximum absolute atomic E-state index is 11.2. The van der Waals surface area contributed by atoms with Crippen LogP contribution in [0, 0.1) is 0 Å². The van der Waals surface area contributed by atoms with Gasteiger partial charge in [0.25, 0.3) is 0 Å². The van der Waals surface area contributed by atoms with Crippen LogP contribution in [-0.4, -0.2) is 13.1 Å². The van der Waals surface area contributed by atoms with Gasteiger partial charge in [0.15, 0.2) is 0 Å². The summed E-state index contributed by atoms with van der Waals surface area (Å²) in [6, 6.07) is 5.45. The Balaban J connectivity index is 1.83. The fourth-order valence-electron chi connectivity index (χ4n) is 1.44. The quantitative estimate of drug-likeness (QED) is 0.856. The molecule has 2 aromatic heterocycles. The maximum Gasteiger partial charge on any atom is 0.373 e. The Morgan fingerprint density at radius 3 is 3.00 bits per heavy atom. The molecule has 0 spiro atoms. The molecule has 18 heavy (non-hydrogen) atoms. The molecular weight excluding hydrogens is 318 g/mol. The predicted octanol–water partition coefficient (Wildman–Crippen LogP) is 3.18. The summed E-state index contributed by atoms with van der Waals surface area (Å²) in [5.74, 6) is 0.489. The molecular formula is C12H12BrNO3S. The van der Waals surface area contributed by atoms with Gasteiger partial charge in [0.1, 0.15) is 5.76 Å². The molecule has 0 aliphatic rings. The molecule has 0 radical (unpaired) electrons. The molecule has 0 saturated heterocycles. The second-order valence-electron chi connectivity index (χ2n) is 3.59. The molecule has 0 amide bonds. The first kappa shape index (κ1) is 13.3. The Bertz CT molecular complexity index is 535. The Labute approximate surface area is 117 Å². The van der Waals surface area contributed by atoms with Crippen molar-refractivity contribution in [3.8, 4) is 0 Å². The van der Waals surface area contributed by atoms with Crippen molar-refractivity contribution in [2.75, 3.05) is 7.11 Å². The lowest BCUT2D eigenvalue weighted by atomic mass is 10.4. The first-order chi connectivity index (χ1) is 8.69. The van der Waals surface area contributed by atoms with Crippen LogP contribution in [-0.2, 0) is 17.8 Å². The minimum absolute atomic E-state index is 0.230. The van der Waals surface area contributed by atoms with E-state index in [1.807, 2.05) is 5.38 Å². The molecule has 0 bridgehead atoms. The van der Waals surface area contributed by atoms with Crippen LogP contribution in [0.25, 0.3) is 0 Å². The molecule has 2 heterocycles. The topological polar surface area (TPSA) is 51.5 Å². The number of methoxy groups -OCH3 is 1.